The predicted molar refractivity (Wildman–Crippen MR) is 66.6 cm³/mol. The van der Waals surface area contributed by atoms with Crippen LogP contribution in [0.5, 0.6) is 5.75 Å². The highest BCUT2D eigenvalue weighted by Gasteiger charge is 2.59. The second-order valence-corrected chi connectivity index (χ2v) is 4.88. The molecule has 0 unspecified atom stereocenters. The van der Waals surface area contributed by atoms with Gasteiger partial charge in [-0.05, 0) is 34.1 Å². The van der Waals surface area contributed by atoms with E-state index >= 15 is 0 Å². The average Bonchev–Trinajstić information content (AvgIpc) is 2.22. The van der Waals surface area contributed by atoms with Gasteiger partial charge < -0.3 is 10.5 Å². The topological polar surface area (TPSA) is 35.2 Å². The molecule has 0 spiro atoms. The Morgan fingerprint density at radius 3 is 2.00 bits per heavy atom. The molecule has 2 N–H and O–H groups in total. The van der Waals surface area contributed by atoms with E-state index in [9.17, 15) is 26.3 Å². The maximum absolute atomic E-state index is 12.3. The van der Waals surface area contributed by atoms with Crippen molar-refractivity contribution in [3.8, 4) is 5.75 Å². The van der Waals surface area contributed by atoms with E-state index in [1.54, 1.807) is 0 Å². The number of ether oxygens (including phenoxy) is 1. The van der Waals surface area contributed by atoms with Crippen LogP contribution in [0.1, 0.15) is 5.56 Å². The third-order valence-corrected chi connectivity index (χ3v) is 2.93. The number of hydrogen-bond donors (Lipinski definition) is 1. The van der Waals surface area contributed by atoms with Gasteiger partial charge in [0.25, 0.3) is 6.10 Å². The van der Waals surface area contributed by atoms with E-state index in [2.05, 4.69) is 32.9 Å². The molecule has 0 aromatic heterocycles. The van der Waals surface area contributed by atoms with Crippen molar-refractivity contribution in [2.75, 3.05) is 0 Å². The SMILES string of the molecule is NC(=S)c1ccc(OC(C(F)(F)F)C(F)(F)F)cc1Br. The molecular formula is C10H6BrF6NOS. The van der Waals surface area contributed by atoms with E-state index in [0.29, 0.717) is 0 Å². The molecule has 0 radical (unpaired) electrons. The number of halogens is 7. The van der Waals surface area contributed by atoms with Crippen LogP contribution in [0.2, 0.25) is 0 Å². The van der Waals surface area contributed by atoms with Crippen LogP contribution < -0.4 is 10.5 Å². The molecule has 1 aromatic rings. The fraction of sp³-hybridized carbons (Fsp3) is 0.300. The van der Waals surface area contributed by atoms with Gasteiger partial charge in [-0.3, -0.25) is 0 Å². The molecule has 10 heteroatoms. The molecule has 0 saturated heterocycles. The number of nitrogens with two attached hydrogens (primary N) is 1. The number of benzene rings is 1. The van der Waals surface area contributed by atoms with Crippen molar-refractivity contribution in [1.82, 2.24) is 0 Å². The molecule has 0 aliphatic heterocycles. The summed E-state index contributed by atoms with van der Waals surface area (Å²) in [6.45, 7) is 0. The molecule has 0 aliphatic carbocycles. The van der Waals surface area contributed by atoms with Crippen molar-refractivity contribution in [2.24, 2.45) is 5.73 Å². The number of rotatable bonds is 3. The van der Waals surface area contributed by atoms with Gasteiger partial charge in [0.05, 0.1) is 0 Å². The van der Waals surface area contributed by atoms with E-state index in [-0.39, 0.29) is 15.0 Å². The summed E-state index contributed by atoms with van der Waals surface area (Å²) in [7, 11) is 0. The van der Waals surface area contributed by atoms with E-state index in [4.69, 9.17) is 5.73 Å². The van der Waals surface area contributed by atoms with Gasteiger partial charge in [0.15, 0.2) is 0 Å². The largest absolute Gasteiger partial charge is 0.471 e. The highest BCUT2D eigenvalue weighted by atomic mass is 79.9. The van der Waals surface area contributed by atoms with Crippen molar-refractivity contribution < 1.29 is 31.1 Å². The summed E-state index contributed by atoms with van der Waals surface area (Å²) < 4.78 is 78.0. The van der Waals surface area contributed by atoms with Crippen LogP contribution in [0, 0.1) is 0 Å². The first-order valence-corrected chi connectivity index (χ1v) is 6.02. The van der Waals surface area contributed by atoms with E-state index < -0.39 is 24.2 Å². The van der Waals surface area contributed by atoms with Gasteiger partial charge in [0, 0.05) is 10.0 Å². The summed E-state index contributed by atoms with van der Waals surface area (Å²) >= 11 is 7.57. The lowest BCUT2D eigenvalue weighted by atomic mass is 10.2. The highest BCUT2D eigenvalue weighted by molar-refractivity contribution is 9.10. The molecule has 0 bridgehead atoms. The van der Waals surface area contributed by atoms with Crippen molar-refractivity contribution in [2.45, 2.75) is 18.5 Å². The second-order valence-electron chi connectivity index (χ2n) is 3.59. The van der Waals surface area contributed by atoms with Gasteiger partial charge in [-0.1, -0.05) is 12.2 Å². The van der Waals surface area contributed by atoms with Crippen LogP contribution in [0.15, 0.2) is 22.7 Å². The third-order valence-electron chi connectivity index (χ3n) is 2.05. The Balaban J connectivity index is 3.08. The van der Waals surface area contributed by atoms with E-state index in [1.165, 1.54) is 0 Å². The van der Waals surface area contributed by atoms with Gasteiger partial charge in [-0.2, -0.15) is 26.3 Å². The molecule has 0 saturated carbocycles. The van der Waals surface area contributed by atoms with Crippen LogP contribution in [0.4, 0.5) is 26.3 Å². The van der Waals surface area contributed by atoms with Gasteiger partial charge in [-0.15, -0.1) is 0 Å². The Morgan fingerprint density at radius 1 is 1.15 bits per heavy atom. The monoisotopic (exact) mass is 381 g/mol. The predicted octanol–water partition coefficient (Wildman–Crippen LogP) is 3.96. The van der Waals surface area contributed by atoms with Gasteiger partial charge >= 0.3 is 12.4 Å². The first kappa shape index (κ1) is 17.0. The molecule has 1 rings (SSSR count). The van der Waals surface area contributed by atoms with Crippen molar-refractivity contribution in [3.63, 3.8) is 0 Å². The molecular weight excluding hydrogens is 376 g/mol. The number of thiocarbonyl (C=S) groups is 1. The lowest BCUT2D eigenvalue weighted by molar-refractivity contribution is -0.299. The van der Waals surface area contributed by atoms with Crippen LogP contribution in [0.25, 0.3) is 0 Å². The molecule has 0 fully saturated rings. The standard InChI is InChI=1S/C10H6BrF6NOS/c11-6-3-4(1-2-5(6)7(18)20)19-8(9(12,13)14)10(15,16)17/h1-3,8H,(H2,18,20). The lowest BCUT2D eigenvalue weighted by Crippen LogP contribution is -2.46. The zero-order chi connectivity index (χ0) is 15.7. The summed E-state index contributed by atoms with van der Waals surface area (Å²) in [4.78, 5) is -0.0633. The third kappa shape index (κ3) is 4.23. The van der Waals surface area contributed by atoms with Crippen molar-refractivity contribution in [3.05, 3.63) is 28.2 Å². The summed E-state index contributed by atoms with van der Waals surface area (Å²) in [6.07, 6.45) is -15.1. The van der Waals surface area contributed by atoms with Crippen LogP contribution >= 0.6 is 28.1 Å². The number of hydrogen-bond acceptors (Lipinski definition) is 2. The molecule has 1 aromatic carbocycles. The minimum Gasteiger partial charge on any atom is -0.471 e. The molecule has 20 heavy (non-hydrogen) atoms. The molecule has 0 aliphatic rings. The lowest BCUT2D eigenvalue weighted by Gasteiger charge is -2.24. The summed E-state index contributed by atoms with van der Waals surface area (Å²) in [6, 6.07) is 3.01. The molecule has 0 heterocycles. The minimum absolute atomic E-state index is 0.0633. The maximum Gasteiger partial charge on any atom is 0.434 e. The first-order valence-electron chi connectivity index (χ1n) is 4.82. The molecule has 2 nitrogen and oxygen atoms in total. The summed E-state index contributed by atoms with van der Waals surface area (Å²) in [5, 5.41) is 0. The van der Waals surface area contributed by atoms with Crippen LogP contribution in [-0.4, -0.2) is 23.4 Å². The normalized spacial score (nSPS) is 12.6. The first-order chi connectivity index (χ1) is 8.93. The molecule has 0 atom stereocenters. The summed E-state index contributed by atoms with van der Waals surface area (Å²) in [5.41, 5.74) is 5.57. The Bertz CT molecular complexity index is 501. The number of alkyl halides is 6. The van der Waals surface area contributed by atoms with Crippen molar-refractivity contribution >= 4 is 33.1 Å². The van der Waals surface area contributed by atoms with Crippen molar-refractivity contribution in [1.29, 1.82) is 0 Å². The second kappa shape index (κ2) is 5.76. The van der Waals surface area contributed by atoms with Gasteiger partial charge in [0.2, 0.25) is 0 Å². The minimum atomic E-state index is -5.58. The Morgan fingerprint density at radius 2 is 1.65 bits per heavy atom. The quantitative estimate of drug-likeness (QED) is 0.635. The van der Waals surface area contributed by atoms with Gasteiger partial charge in [0.1, 0.15) is 10.7 Å². The average molecular weight is 382 g/mol. The Hall–Kier alpha value is -1.03. The Kier molecular flexibility index (Phi) is 4.90. The maximum atomic E-state index is 12.3. The van der Waals surface area contributed by atoms with Crippen LogP contribution in [0.3, 0.4) is 0 Å². The van der Waals surface area contributed by atoms with Crippen LogP contribution in [-0.2, 0) is 0 Å². The smallest absolute Gasteiger partial charge is 0.434 e. The van der Waals surface area contributed by atoms with Gasteiger partial charge in [-0.25, -0.2) is 0 Å². The zero-order valence-corrected chi connectivity index (χ0v) is 11.8. The Labute approximate surface area is 123 Å². The zero-order valence-electron chi connectivity index (χ0n) is 9.35. The fourth-order valence-corrected chi connectivity index (χ4v) is 2.10. The molecule has 112 valence electrons. The highest BCUT2D eigenvalue weighted by Crippen LogP contribution is 2.37. The van der Waals surface area contributed by atoms with E-state index in [0.717, 1.165) is 18.2 Å². The fourth-order valence-electron chi connectivity index (χ4n) is 1.22. The molecule has 0 amide bonds. The van der Waals surface area contributed by atoms with E-state index in [1.807, 2.05) is 0 Å². The summed E-state index contributed by atoms with van der Waals surface area (Å²) in [5.74, 6) is -0.614.